The lowest BCUT2D eigenvalue weighted by Crippen LogP contribution is -2.46. The lowest BCUT2D eigenvalue weighted by Gasteiger charge is -2.41. The van der Waals surface area contributed by atoms with Crippen LogP contribution in [0.15, 0.2) is 54.7 Å². The van der Waals surface area contributed by atoms with Crippen molar-refractivity contribution in [2.24, 2.45) is 0 Å². The summed E-state index contributed by atoms with van der Waals surface area (Å²) in [5.41, 5.74) is 3.86. The summed E-state index contributed by atoms with van der Waals surface area (Å²) >= 11 is 6.16. The molecule has 0 saturated carbocycles. The number of aliphatic hydroxyl groups excluding tert-OH is 1. The molecule has 0 amide bonds. The van der Waals surface area contributed by atoms with Crippen molar-refractivity contribution in [2.75, 3.05) is 19.7 Å². The van der Waals surface area contributed by atoms with E-state index in [0.29, 0.717) is 5.92 Å². The SMILES string of the molecule is OCC1C(c2ccccc2)CCCN1CCCCc1c[nH]c2ccc(Cl)cc12. The monoisotopic (exact) mass is 396 g/mol. The van der Waals surface area contributed by atoms with E-state index in [-0.39, 0.29) is 12.6 Å². The normalized spacial score (nSPS) is 20.6. The summed E-state index contributed by atoms with van der Waals surface area (Å²) in [6.07, 6.45) is 7.83. The highest BCUT2D eigenvalue weighted by atomic mass is 35.5. The molecule has 1 saturated heterocycles. The van der Waals surface area contributed by atoms with Gasteiger partial charge in [0.15, 0.2) is 0 Å². The quantitative estimate of drug-likeness (QED) is 0.526. The zero-order chi connectivity index (χ0) is 19.3. The molecular formula is C24H29ClN2O. The topological polar surface area (TPSA) is 39.3 Å². The number of unbranched alkanes of at least 4 members (excludes halogenated alkanes) is 1. The van der Waals surface area contributed by atoms with Crippen molar-refractivity contribution in [1.82, 2.24) is 9.88 Å². The number of aryl methyl sites for hydroxylation is 1. The van der Waals surface area contributed by atoms with Gasteiger partial charge in [0, 0.05) is 34.1 Å². The lowest BCUT2D eigenvalue weighted by atomic mass is 9.83. The third-order valence-electron chi connectivity index (χ3n) is 6.18. The van der Waals surface area contributed by atoms with E-state index in [4.69, 9.17) is 11.6 Å². The van der Waals surface area contributed by atoms with Crippen LogP contribution >= 0.6 is 11.6 Å². The number of aromatic amines is 1. The zero-order valence-corrected chi connectivity index (χ0v) is 17.0. The van der Waals surface area contributed by atoms with Crippen LogP contribution in [0.5, 0.6) is 0 Å². The molecule has 3 aromatic rings. The van der Waals surface area contributed by atoms with E-state index >= 15 is 0 Å². The Morgan fingerprint density at radius 3 is 2.79 bits per heavy atom. The lowest BCUT2D eigenvalue weighted by molar-refractivity contribution is 0.0717. The van der Waals surface area contributed by atoms with Gasteiger partial charge in [0.25, 0.3) is 0 Å². The Morgan fingerprint density at radius 1 is 1.11 bits per heavy atom. The van der Waals surface area contributed by atoms with Gasteiger partial charge in [-0.05, 0) is 74.5 Å². The van der Waals surface area contributed by atoms with Gasteiger partial charge in [0.2, 0.25) is 0 Å². The van der Waals surface area contributed by atoms with E-state index in [0.717, 1.165) is 42.9 Å². The second-order valence-corrected chi connectivity index (χ2v) is 8.34. The largest absolute Gasteiger partial charge is 0.395 e. The number of benzene rings is 2. The Morgan fingerprint density at radius 2 is 1.96 bits per heavy atom. The van der Waals surface area contributed by atoms with Crippen LogP contribution < -0.4 is 0 Å². The Hall–Kier alpha value is -1.81. The molecule has 0 spiro atoms. The maximum absolute atomic E-state index is 10.1. The fraction of sp³-hybridized carbons (Fsp3) is 0.417. The number of rotatable bonds is 7. The Labute approximate surface area is 172 Å². The van der Waals surface area contributed by atoms with Crippen LogP contribution in [0.25, 0.3) is 10.9 Å². The molecule has 4 rings (SSSR count). The third kappa shape index (κ3) is 4.27. The highest BCUT2D eigenvalue weighted by Crippen LogP contribution is 2.32. The van der Waals surface area contributed by atoms with Gasteiger partial charge in [0.05, 0.1) is 6.61 Å². The molecule has 2 N–H and O–H groups in total. The molecule has 1 aliphatic rings. The molecule has 2 aromatic carbocycles. The van der Waals surface area contributed by atoms with Crippen LogP contribution in [0.3, 0.4) is 0 Å². The van der Waals surface area contributed by atoms with Crippen LogP contribution in [-0.4, -0.2) is 40.7 Å². The summed E-state index contributed by atoms with van der Waals surface area (Å²) in [5.74, 6) is 0.440. The van der Waals surface area contributed by atoms with Gasteiger partial charge >= 0.3 is 0 Å². The molecule has 3 nitrogen and oxygen atoms in total. The van der Waals surface area contributed by atoms with Crippen molar-refractivity contribution in [3.05, 3.63) is 70.9 Å². The van der Waals surface area contributed by atoms with E-state index in [1.165, 1.54) is 29.4 Å². The Kier molecular flexibility index (Phi) is 6.36. The molecule has 4 heteroatoms. The number of likely N-dealkylation sites (tertiary alicyclic amines) is 1. The standard InChI is InChI=1S/C24H29ClN2O/c25-20-11-12-23-22(15-20)19(16-26-23)9-4-5-13-27-14-6-10-21(24(27)17-28)18-7-2-1-3-8-18/h1-3,7-8,11-12,15-16,21,24,26,28H,4-6,9-10,13-14,17H2. The minimum atomic E-state index is 0.237. The molecule has 0 bridgehead atoms. The summed E-state index contributed by atoms with van der Waals surface area (Å²) < 4.78 is 0. The maximum Gasteiger partial charge on any atom is 0.0592 e. The third-order valence-corrected chi connectivity index (χ3v) is 6.41. The number of halogens is 1. The zero-order valence-electron chi connectivity index (χ0n) is 16.3. The Bertz CT molecular complexity index is 892. The highest BCUT2D eigenvalue weighted by molar-refractivity contribution is 6.31. The smallest absolute Gasteiger partial charge is 0.0592 e. The first-order valence-corrected chi connectivity index (χ1v) is 10.8. The first-order valence-electron chi connectivity index (χ1n) is 10.4. The first-order chi connectivity index (χ1) is 13.8. The summed E-state index contributed by atoms with van der Waals surface area (Å²) in [6.45, 7) is 2.38. The molecule has 2 atom stereocenters. The minimum Gasteiger partial charge on any atom is -0.395 e. The minimum absolute atomic E-state index is 0.237. The Balaban J connectivity index is 1.34. The molecule has 2 unspecified atom stereocenters. The summed E-state index contributed by atoms with van der Waals surface area (Å²) in [6, 6.07) is 17.0. The van der Waals surface area contributed by atoms with E-state index in [2.05, 4.69) is 52.5 Å². The van der Waals surface area contributed by atoms with Gasteiger partial charge in [0.1, 0.15) is 0 Å². The van der Waals surface area contributed by atoms with Crippen LogP contribution in [0, 0.1) is 0 Å². The molecule has 2 heterocycles. The van der Waals surface area contributed by atoms with Crippen molar-refractivity contribution in [3.8, 4) is 0 Å². The number of H-pyrrole nitrogens is 1. The second kappa shape index (κ2) is 9.13. The molecule has 0 aliphatic carbocycles. The van der Waals surface area contributed by atoms with Crippen LogP contribution in [0.2, 0.25) is 5.02 Å². The van der Waals surface area contributed by atoms with Crippen molar-refractivity contribution < 1.29 is 5.11 Å². The first kappa shape index (κ1) is 19.5. The van der Waals surface area contributed by atoms with Gasteiger partial charge in [-0.25, -0.2) is 0 Å². The number of piperidine rings is 1. The number of fused-ring (bicyclic) bond motifs is 1. The summed E-state index contributed by atoms with van der Waals surface area (Å²) in [7, 11) is 0. The molecule has 1 fully saturated rings. The summed E-state index contributed by atoms with van der Waals surface area (Å²) in [4.78, 5) is 5.85. The molecular weight excluding hydrogens is 368 g/mol. The van der Waals surface area contributed by atoms with E-state index in [9.17, 15) is 5.11 Å². The second-order valence-electron chi connectivity index (χ2n) is 7.91. The van der Waals surface area contributed by atoms with Crippen LogP contribution in [-0.2, 0) is 6.42 Å². The van der Waals surface area contributed by atoms with Crippen LogP contribution in [0.1, 0.15) is 42.7 Å². The van der Waals surface area contributed by atoms with Crippen LogP contribution in [0.4, 0.5) is 0 Å². The summed E-state index contributed by atoms with van der Waals surface area (Å²) in [5, 5.41) is 12.1. The van der Waals surface area contributed by atoms with E-state index in [1.54, 1.807) is 0 Å². The van der Waals surface area contributed by atoms with Gasteiger partial charge < -0.3 is 10.1 Å². The molecule has 28 heavy (non-hydrogen) atoms. The number of nitrogens with zero attached hydrogens (tertiary/aromatic N) is 1. The van der Waals surface area contributed by atoms with E-state index < -0.39 is 0 Å². The fourth-order valence-electron chi connectivity index (χ4n) is 4.72. The highest BCUT2D eigenvalue weighted by Gasteiger charge is 2.31. The van der Waals surface area contributed by atoms with Gasteiger partial charge in [-0.3, -0.25) is 4.90 Å². The van der Waals surface area contributed by atoms with Gasteiger partial charge in [-0.1, -0.05) is 41.9 Å². The van der Waals surface area contributed by atoms with Gasteiger partial charge in [-0.15, -0.1) is 0 Å². The molecule has 148 valence electrons. The fourth-order valence-corrected chi connectivity index (χ4v) is 4.90. The maximum atomic E-state index is 10.1. The number of hydrogen-bond donors (Lipinski definition) is 2. The number of nitrogens with one attached hydrogen (secondary N) is 1. The average Bonchev–Trinajstić information content (AvgIpc) is 3.13. The van der Waals surface area contributed by atoms with Crippen molar-refractivity contribution in [2.45, 2.75) is 44.1 Å². The number of hydrogen-bond acceptors (Lipinski definition) is 2. The average molecular weight is 397 g/mol. The van der Waals surface area contributed by atoms with Crippen molar-refractivity contribution in [3.63, 3.8) is 0 Å². The predicted molar refractivity (Wildman–Crippen MR) is 117 cm³/mol. The number of aliphatic hydroxyl groups is 1. The molecule has 1 aromatic heterocycles. The van der Waals surface area contributed by atoms with Crippen molar-refractivity contribution >= 4 is 22.5 Å². The van der Waals surface area contributed by atoms with Gasteiger partial charge in [-0.2, -0.15) is 0 Å². The molecule has 0 radical (unpaired) electrons. The number of aromatic nitrogens is 1. The van der Waals surface area contributed by atoms with E-state index in [1.807, 2.05) is 12.1 Å². The van der Waals surface area contributed by atoms with Crippen molar-refractivity contribution in [1.29, 1.82) is 0 Å². The predicted octanol–water partition coefficient (Wildman–Crippen LogP) is 5.38. The molecule has 1 aliphatic heterocycles.